The summed E-state index contributed by atoms with van der Waals surface area (Å²) < 4.78 is 30.5. The van der Waals surface area contributed by atoms with Crippen molar-refractivity contribution in [3.63, 3.8) is 0 Å². The number of hydrogen-bond donors (Lipinski definition) is 1. The minimum Gasteiger partial charge on any atom is -0.445 e. The smallest absolute Gasteiger partial charge is 0.408 e. The van der Waals surface area contributed by atoms with Gasteiger partial charge in [-0.2, -0.15) is 4.39 Å². The van der Waals surface area contributed by atoms with Crippen LogP contribution in [0.5, 0.6) is 0 Å². The fourth-order valence-corrected chi connectivity index (χ4v) is 1.53. The first-order chi connectivity index (χ1) is 10.6. The number of halogens is 2. The SMILES string of the molecule is O=C(NCC#Cc1cnc(F)c(F)c1)OCc1ccccc1. The average Bonchev–Trinajstić information content (AvgIpc) is 2.54. The van der Waals surface area contributed by atoms with Gasteiger partial charge >= 0.3 is 6.09 Å². The highest BCUT2D eigenvalue weighted by Gasteiger charge is 2.02. The molecule has 22 heavy (non-hydrogen) atoms. The first-order valence-corrected chi connectivity index (χ1v) is 6.39. The van der Waals surface area contributed by atoms with E-state index in [2.05, 4.69) is 22.1 Å². The van der Waals surface area contributed by atoms with E-state index in [1.807, 2.05) is 30.3 Å². The first kappa shape index (κ1) is 15.4. The molecule has 1 aromatic heterocycles. The minimum absolute atomic E-state index is 0.0205. The Hall–Kier alpha value is -2.94. The molecule has 1 aromatic carbocycles. The highest BCUT2D eigenvalue weighted by atomic mass is 19.2. The van der Waals surface area contributed by atoms with Crippen molar-refractivity contribution in [3.05, 3.63) is 65.5 Å². The lowest BCUT2D eigenvalue weighted by Crippen LogP contribution is -2.24. The number of amides is 1. The molecule has 0 bridgehead atoms. The average molecular weight is 302 g/mol. The van der Waals surface area contributed by atoms with Crippen LogP contribution in [0.15, 0.2) is 42.6 Å². The molecule has 1 N–H and O–H groups in total. The van der Waals surface area contributed by atoms with Crippen LogP contribution in [-0.4, -0.2) is 17.6 Å². The van der Waals surface area contributed by atoms with Gasteiger partial charge in [0.25, 0.3) is 0 Å². The number of carbonyl (C=O) groups is 1. The molecule has 0 fully saturated rings. The number of hydrogen-bond acceptors (Lipinski definition) is 3. The summed E-state index contributed by atoms with van der Waals surface area (Å²) in [6, 6.07) is 10.2. The number of nitrogens with one attached hydrogen (secondary N) is 1. The third-order valence-electron chi connectivity index (χ3n) is 2.56. The largest absolute Gasteiger partial charge is 0.445 e. The Bertz CT molecular complexity index is 709. The number of alkyl carbamates (subject to hydrolysis) is 1. The minimum atomic E-state index is -1.17. The Morgan fingerprint density at radius 2 is 2.05 bits per heavy atom. The molecule has 0 unspecified atom stereocenters. The quantitative estimate of drug-likeness (QED) is 0.700. The number of rotatable bonds is 3. The second-order valence-electron chi connectivity index (χ2n) is 4.21. The van der Waals surface area contributed by atoms with Crippen LogP contribution in [-0.2, 0) is 11.3 Å². The molecule has 112 valence electrons. The summed E-state index contributed by atoms with van der Waals surface area (Å²) in [6.45, 7) is 0.180. The molecule has 0 radical (unpaired) electrons. The Labute approximate surface area is 126 Å². The summed E-state index contributed by atoms with van der Waals surface area (Å²) in [7, 11) is 0. The van der Waals surface area contributed by atoms with Crippen LogP contribution >= 0.6 is 0 Å². The Balaban J connectivity index is 1.75. The molecule has 4 nitrogen and oxygen atoms in total. The standard InChI is InChI=1S/C16H12F2N2O2/c17-14-9-13(10-20-15(14)18)7-4-8-19-16(21)22-11-12-5-2-1-3-6-12/h1-3,5-6,9-10H,8,11H2,(H,19,21). The number of aromatic nitrogens is 1. The fourth-order valence-electron chi connectivity index (χ4n) is 1.53. The molecule has 1 amide bonds. The number of ether oxygens (including phenoxy) is 1. The highest BCUT2D eigenvalue weighted by molar-refractivity contribution is 5.67. The van der Waals surface area contributed by atoms with E-state index in [4.69, 9.17) is 4.74 Å². The normalized spacial score (nSPS) is 9.55. The number of nitrogens with zero attached hydrogens (tertiary/aromatic N) is 1. The van der Waals surface area contributed by atoms with Crippen molar-refractivity contribution in [2.45, 2.75) is 6.61 Å². The fraction of sp³-hybridized carbons (Fsp3) is 0.125. The molecule has 2 rings (SSSR count). The van der Waals surface area contributed by atoms with Gasteiger partial charge in [-0.05, 0) is 11.6 Å². The lowest BCUT2D eigenvalue weighted by molar-refractivity contribution is 0.141. The Morgan fingerprint density at radius 3 is 2.77 bits per heavy atom. The van der Waals surface area contributed by atoms with E-state index in [9.17, 15) is 13.6 Å². The first-order valence-electron chi connectivity index (χ1n) is 6.39. The third-order valence-corrected chi connectivity index (χ3v) is 2.56. The monoisotopic (exact) mass is 302 g/mol. The Morgan fingerprint density at radius 1 is 1.27 bits per heavy atom. The summed E-state index contributed by atoms with van der Waals surface area (Å²) in [4.78, 5) is 14.6. The van der Waals surface area contributed by atoms with E-state index in [-0.39, 0.29) is 18.7 Å². The van der Waals surface area contributed by atoms with Gasteiger partial charge in [0.05, 0.1) is 6.54 Å². The van der Waals surface area contributed by atoms with Crippen LogP contribution in [0.3, 0.4) is 0 Å². The topological polar surface area (TPSA) is 51.2 Å². The van der Waals surface area contributed by atoms with E-state index < -0.39 is 17.9 Å². The van der Waals surface area contributed by atoms with Crippen LogP contribution in [0, 0.1) is 23.6 Å². The Kier molecular flexibility index (Phi) is 5.44. The van der Waals surface area contributed by atoms with Gasteiger partial charge in [0.15, 0.2) is 5.82 Å². The molecule has 0 aliphatic carbocycles. The van der Waals surface area contributed by atoms with Crippen molar-refractivity contribution in [1.82, 2.24) is 10.3 Å². The maximum atomic E-state index is 12.9. The maximum Gasteiger partial charge on any atom is 0.408 e. The van der Waals surface area contributed by atoms with Crippen LogP contribution in [0.25, 0.3) is 0 Å². The summed E-state index contributed by atoms with van der Waals surface area (Å²) in [5, 5.41) is 2.43. The van der Waals surface area contributed by atoms with Crippen molar-refractivity contribution in [2.24, 2.45) is 0 Å². The van der Waals surface area contributed by atoms with Crippen molar-refractivity contribution in [2.75, 3.05) is 6.54 Å². The molecule has 0 atom stereocenters. The third kappa shape index (κ3) is 4.87. The van der Waals surface area contributed by atoms with Crippen molar-refractivity contribution in [3.8, 4) is 11.8 Å². The van der Waals surface area contributed by atoms with Crippen molar-refractivity contribution >= 4 is 6.09 Å². The zero-order valence-electron chi connectivity index (χ0n) is 11.5. The summed E-state index contributed by atoms with van der Waals surface area (Å²) in [6.07, 6.45) is 0.501. The lowest BCUT2D eigenvalue weighted by Gasteiger charge is -2.04. The van der Waals surface area contributed by atoms with Crippen LogP contribution in [0.1, 0.15) is 11.1 Å². The molecule has 0 saturated heterocycles. The van der Waals surface area contributed by atoms with Gasteiger partial charge in [0, 0.05) is 11.8 Å². The zero-order valence-corrected chi connectivity index (χ0v) is 11.5. The van der Waals surface area contributed by atoms with Gasteiger partial charge < -0.3 is 10.1 Å². The van der Waals surface area contributed by atoms with E-state index in [0.29, 0.717) is 0 Å². The summed E-state index contributed by atoms with van der Waals surface area (Å²) in [5.74, 6) is 2.90. The second kappa shape index (κ2) is 7.74. The number of benzene rings is 1. The molecule has 2 aromatic rings. The molecule has 1 heterocycles. The van der Waals surface area contributed by atoms with Crippen LogP contribution in [0.4, 0.5) is 13.6 Å². The van der Waals surface area contributed by atoms with Gasteiger partial charge in [-0.15, -0.1) is 0 Å². The van der Waals surface area contributed by atoms with Gasteiger partial charge in [-0.25, -0.2) is 14.2 Å². The highest BCUT2D eigenvalue weighted by Crippen LogP contribution is 2.03. The van der Waals surface area contributed by atoms with Gasteiger partial charge in [0.2, 0.25) is 5.95 Å². The molecule has 0 spiro atoms. The van der Waals surface area contributed by atoms with E-state index in [1.165, 1.54) is 0 Å². The maximum absolute atomic E-state index is 12.9. The number of carbonyl (C=O) groups excluding carboxylic acids is 1. The molecule has 0 aliphatic heterocycles. The van der Waals surface area contributed by atoms with E-state index in [0.717, 1.165) is 17.8 Å². The van der Waals surface area contributed by atoms with E-state index >= 15 is 0 Å². The predicted molar refractivity (Wildman–Crippen MR) is 75.7 cm³/mol. The molecule has 0 saturated carbocycles. The van der Waals surface area contributed by atoms with Crippen molar-refractivity contribution in [1.29, 1.82) is 0 Å². The van der Waals surface area contributed by atoms with Crippen molar-refractivity contribution < 1.29 is 18.3 Å². The predicted octanol–water partition coefficient (Wildman–Crippen LogP) is 2.64. The second-order valence-corrected chi connectivity index (χ2v) is 4.21. The number of pyridine rings is 1. The van der Waals surface area contributed by atoms with Gasteiger partial charge in [0.1, 0.15) is 6.61 Å². The van der Waals surface area contributed by atoms with Crippen LogP contribution < -0.4 is 5.32 Å². The zero-order chi connectivity index (χ0) is 15.8. The summed E-state index contributed by atoms with van der Waals surface area (Å²) >= 11 is 0. The molecule has 6 heteroatoms. The van der Waals surface area contributed by atoms with Gasteiger partial charge in [-0.1, -0.05) is 42.2 Å². The molecule has 0 aliphatic rings. The lowest BCUT2D eigenvalue weighted by atomic mass is 10.2. The molecular formula is C16H12F2N2O2. The van der Waals surface area contributed by atoms with Gasteiger partial charge in [-0.3, -0.25) is 0 Å². The van der Waals surface area contributed by atoms with E-state index in [1.54, 1.807) is 0 Å². The molecular weight excluding hydrogens is 290 g/mol. The van der Waals surface area contributed by atoms with Crippen LogP contribution in [0.2, 0.25) is 0 Å². The summed E-state index contributed by atoms with van der Waals surface area (Å²) in [5.41, 5.74) is 1.09.